The third-order valence-electron chi connectivity index (χ3n) is 7.27. The van der Waals surface area contributed by atoms with Crippen molar-refractivity contribution in [3.8, 4) is 11.1 Å². The average molecular weight is 651 g/mol. The molecule has 0 aliphatic heterocycles. The molecule has 4 aromatic rings. The number of sulfonamides is 1. The molecule has 0 saturated heterocycles. The number of hydrogen-bond acceptors (Lipinski definition) is 7. The second-order valence-corrected chi connectivity index (χ2v) is 12.4. The van der Waals surface area contributed by atoms with Crippen LogP contribution in [0.2, 0.25) is 0 Å². The van der Waals surface area contributed by atoms with E-state index in [0.29, 0.717) is 12.1 Å². The molecule has 0 radical (unpaired) electrons. The summed E-state index contributed by atoms with van der Waals surface area (Å²) in [5, 5.41) is 26.7. The van der Waals surface area contributed by atoms with E-state index in [4.69, 9.17) is 0 Å². The molecule has 11 nitrogen and oxygen atoms in total. The van der Waals surface area contributed by atoms with Crippen molar-refractivity contribution in [1.29, 1.82) is 0 Å². The lowest BCUT2D eigenvalue weighted by Gasteiger charge is -2.21. The SMILES string of the molecule is CCCCc1cc(C(=O)NC(Cc2ccccc2)C(O)C(=O)O)nn1Cc1ccc(-c2ccccc2S(=O)(=O)NC(C)=O)cc1F. The van der Waals surface area contributed by atoms with Gasteiger partial charge in [0.1, 0.15) is 11.5 Å². The highest BCUT2D eigenvalue weighted by atomic mass is 32.2. The summed E-state index contributed by atoms with van der Waals surface area (Å²) in [5.41, 5.74) is 2.06. The molecule has 2 unspecified atom stereocenters. The number of aliphatic carboxylic acids is 1. The Kier molecular flexibility index (Phi) is 11.0. The minimum absolute atomic E-state index is 0.0177. The summed E-state index contributed by atoms with van der Waals surface area (Å²) < 4.78 is 44.4. The van der Waals surface area contributed by atoms with E-state index in [9.17, 15) is 33.0 Å². The minimum Gasteiger partial charge on any atom is -0.479 e. The van der Waals surface area contributed by atoms with Crippen LogP contribution in [0.25, 0.3) is 11.1 Å². The number of nitrogens with zero attached hydrogens (tertiary/aromatic N) is 2. The first-order valence-electron chi connectivity index (χ1n) is 14.6. The fraction of sp³-hybridized carbons (Fsp3) is 0.273. The van der Waals surface area contributed by atoms with E-state index in [0.717, 1.165) is 25.3 Å². The van der Waals surface area contributed by atoms with Crippen LogP contribution in [-0.2, 0) is 39.0 Å². The number of aromatic nitrogens is 2. The minimum atomic E-state index is -4.19. The number of amides is 2. The van der Waals surface area contributed by atoms with Crippen LogP contribution in [0.4, 0.5) is 4.39 Å². The number of carbonyl (C=O) groups excluding carboxylic acids is 2. The highest BCUT2D eigenvalue weighted by Crippen LogP contribution is 2.29. The summed E-state index contributed by atoms with van der Waals surface area (Å²) in [6, 6.07) is 19.4. The zero-order valence-corrected chi connectivity index (χ0v) is 26.1. The molecule has 4 N–H and O–H groups in total. The van der Waals surface area contributed by atoms with Gasteiger partial charge in [0.15, 0.2) is 6.10 Å². The second kappa shape index (κ2) is 14.9. The molecule has 0 aliphatic carbocycles. The standard InChI is InChI=1S/C33H35FN4O7S/c1-3-4-12-25-19-29(32(41)35-28(31(40)33(42)43)17-22-10-6-5-7-11-22)36-38(25)20-24-16-15-23(18-27(24)34)26-13-8-9-14-30(26)46(44,45)37-21(2)39/h5-11,13-16,18-19,28,31,40H,3-4,12,17,20H2,1-2H3,(H,35,41)(H,37,39)(H,42,43). The van der Waals surface area contributed by atoms with Gasteiger partial charge in [-0.3, -0.25) is 14.3 Å². The zero-order chi connectivity index (χ0) is 33.4. The maximum atomic E-state index is 15.5. The van der Waals surface area contributed by atoms with Crippen LogP contribution in [-0.4, -0.2) is 58.3 Å². The number of aliphatic hydroxyl groups excluding tert-OH is 1. The lowest BCUT2D eigenvalue weighted by Crippen LogP contribution is -2.48. The molecule has 1 heterocycles. The predicted molar refractivity (Wildman–Crippen MR) is 168 cm³/mol. The van der Waals surface area contributed by atoms with E-state index in [1.165, 1.54) is 35.0 Å². The number of carbonyl (C=O) groups is 3. The van der Waals surface area contributed by atoms with Crippen LogP contribution in [0.5, 0.6) is 0 Å². The normalized spacial score (nSPS) is 12.7. The third kappa shape index (κ3) is 8.43. The molecule has 13 heteroatoms. The largest absolute Gasteiger partial charge is 0.479 e. The van der Waals surface area contributed by atoms with Gasteiger partial charge in [-0.2, -0.15) is 5.10 Å². The number of nitrogens with one attached hydrogen (secondary N) is 2. The third-order valence-corrected chi connectivity index (χ3v) is 8.76. The van der Waals surface area contributed by atoms with Crippen molar-refractivity contribution in [1.82, 2.24) is 19.8 Å². The van der Waals surface area contributed by atoms with Crippen LogP contribution in [0.15, 0.2) is 83.8 Å². The first-order valence-corrected chi connectivity index (χ1v) is 16.1. The molecular weight excluding hydrogens is 615 g/mol. The van der Waals surface area contributed by atoms with Gasteiger partial charge in [-0.05, 0) is 48.6 Å². The van der Waals surface area contributed by atoms with E-state index < -0.39 is 45.8 Å². The van der Waals surface area contributed by atoms with Gasteiger partial charge in [-0.25, -0.2) is 22.3 Å². The number of halogens is 1. The van der Waals surface area contributed by atoms with Crippen molar-refractivity contribution in [2.75, 3.05) is 0 Å². The summed E-state index contributed by atoms with van der Waals surface area (Å²) in [6.07, 6.45) is 0.353. The van der Waals surface area contributed by atoms with Crippen LogP contribution < -0.4 is 10.0 Å². The van der Waals surface area contributed by atoms with Gasteiger partial charge in [-0.1, -0.05) is 74.0 Å². The number of carboxylic acid groups (broad SMARTS) is 1. The summed E-state index contributed by atoms with van der Waals surface area (Å²) in [6.45, 7) is 3.03. The maximum Gasteiger partial charge on any atom is 0.334 e. The molecule has 1 aromatic heterocycles. The smallest absolute Gasteiger partial charge is 0.334 e. The molecule has 2 atom stereocenters. The molecule has 242 valence electrons. The number of benzene rings is 3. The molecular formula is C33H35FN4O7S. The van der Waals surface area contributed by atoms with Crippen molar-refractivity contribution in [2.24, 2.45) is 0 Å². The Balaban J connectivity index is 1.61. The van der Waals surface area contributed by atoms with Crippen LogP contribution in [0, 0.1) is 5.82 Å². The average Bonchev–Trinajstić information content (AvgIpc) is 3.42. The molecule has 0 spiro atoms. The Morgan fingerprint density at radius 3 is 2.35 bits per heavy atom. The van der Waals surface area contributed by atoms with E-state index in [1.54, 1.807) is 48.5 Å². The van der Waals surface area contributed by atoms with Crippen LogP contribution in [0.3, 0.4) is 0 Å². The van der Waals surface area contributed by atoms with Gasteiger partial charge in [0.2, 0.25) is 5.91 Å². The van der Waals surface area contributed by atoms with Gasteiger partial charge in [0.25, 0.3) is 15.9 Å². The van der Waals surface area contributed by atoms with Crippen LogP contribution in [0.1, 0.15) is 54.0 Å². The number of aryl methyl sites for hydroxylation is 1. The van der Waals surface area contributed by atoms with Gasteiger partial charge in [0.05, 0.1) is 17.5 Å². The number of hydrogen-bond donors (Lipinski definition) is 4. The molecule has 46 heavy (non-hydrogen) atoms. The first kappa shape index (κ1) is 34.0. The molecule has 0 saturated carbocycles. The quantitative estimate of drug-likeness (QED) is 0.160. The van der Waals surface area contributed by atoms with Crippen molar-refractivity contribution in [3.05, 3.63) is 107 Å². The fourth-order valence-electron chi connectivity index (χ4n) is 4.97. The van der Waals surface area contributed by atoms with Crippen LogP contribution >= 0.6 is 0 Å². The van der Waals surface area contributed by atoms with Gasteiger partial charge < -0.3 is 15.5 Å². The summed E-state index contributed by atoms with van der Waals surface area (Å²) >= 11 is 0. The number of aliphatic hydroxyl groups is 1. The predicted octanol–water partition coefficient (Wildman–Crippen LogP) is 3.69. The number of unbranched alkanes of at least 4 members (excludes halogenated alkanes) is 1. The number of rotatable bonds is 14. The first-order chi connectivity index (χ1) is 21.9. The molecule has 0 fully saturated rings. The van der Waals surface area contributed by atoms with Crippen molar-refractivity contribution >= 4 is 27.8 Å². The van der Waals surface area contributed by atoms with Gasteiger partial charge in [-0.15, -0.1) is 0 Å². The van der Waals surface area contributed by atoms with Gasteiger partial charge in [0, 0.05) is 23.7 Å². The van der Waals surface area contributed by atoms with Gasteiger partial charge >= 0.3 is 5.97 Å². The topological polar surface area (TPSA) is 168 Å². The Bertz CT molecular complexity index is 1830. The van der Waals surface area contributed by atoms with E-state index in [1.807, 2.05) is 11.6 Å². The Labute approximate surface area is 266 Å². The fourth-order valence-corrected chi connectivity index (χ4v) is 6.20. The molecule has 4 rings (SSSR count). The monoisotopic (exact) mass is 650 g/mol. The summed E-state index contributed by atoms with van der Waals surface area (Å²) in [5.74, 6) is -3.57. The summed E-state index contributed by atoms with van der Waals surface area (Å²) in [4.78, 5) is 36.1. The zero-order valence-electron chi connectivity index (χ0n) is 25.3. The lowest BCUT2D eigenvalue weighted by atomic mass is 10.0. The van der Waals surface area contributed by atoms with E-state index >= 15 is 4.39 Å². The van der Waals surface area contributed by atoms with Crippen molar-refractivity contribution in [2.45, 2.75) is 63.1 Å². The Morgan fingerprint density at radius 1 is 1.00 bits per heavy atom. The molecule has 3 aromatic carbocycles. The maximum absolute atomic E-state index is 15.5. The van der Waals surface area contributed by atoms with E-state index in [2.05, 4.69) is 10.4 Å². The number of carboxylic acids is 1. The molecule has 2 amide bonds. The van der Waals surface area contributed by atoms with Crippen molar-refractivity contribution < 1.29 is 37.4 Å². The Morgan fingerprint density at radius 2 is 1.70 bits per heavy atom. The van der Waals surface area contributed by atoms with Crippen molar-refractivity contribution in [3.63, 3.8) is 0 Å². The Hall–Kier alpha value is -4.88. The highest BCUT2D eigenvalue weighted by molar-refractivity contribution is 7.90. The second-order valence-electron chi connectivity index (χ2n) is 10.8. The van der Waals surface area contributed by atoms with E-state index in [-0.39, 0.29) is 40.2 Å². The summed E-state index contributed by atoms with van der Waals surface area (Å²) in [7, 11) is -4.19. The molecule has 0 aliphatic rings. The lowest BCUT2D eigenvalue weighted by molar-refractivity contribution is -0.148. The molecule has 0 bridgehead atoms. The highest BCUT2D eigenvalue weighted by Gasteiger charge is 2.29.